The second kappa shape index (κ2) is 13.7. The fourth-order valence-electron chi connectivity index (χ4n) is 3.34. The number of hydrogen-bond donors (Lipinski definition) is 2. The van der Waals surface area contributed by atoms with Gasteiger partial charge in [-0.15, -0.1) is 0 Å². The minimum atomic E-state index is -1.01. The molecule has 1 aromatic heterocycles. The van der Waals surface area contributed by atoms with Gasteiger partial charge in [0.25, 0.3) is 11.7 Å². The molecule has 0 atom stereocenters. The van der Waals surface area contributed by atoms with Gasteiger partial charge in [0, 0.05) is 29.6 Å². The number of carboxylic acid groups (broad SMARTS) is 1. The quantitative estimate of drug-likeness (QED) is 0.270. The van der Waals surface area contributed by atoms with Crippen LogP contribution in [0.15, 0.2) is 48.5 Å². The van der Waals surface area contributed by atoms with E-state index in [0.717, 1.165) is 11.1 Å². The van der Waals surface area contributed by atoms with Gasteiger partial charge in [-0.3, -0.25) is 14.4 Å². The largest absolute Gasteiger partial charge is 0.494 e. The highest BCUT2D eigenvalue weighted by atomic mass is 16.5. The van der Waals surface area contributed by atoms with Gasteiger partial charge in [-0.25, -0.2) is 0 Å². The van der Waals surface area contributed by atoms with Crippen molar-refractivity contribution in [3.05, 3.63) is 65.4 Å². The molecule has 2 aromatic carbocycles. The Labute approximate surface area is 195 Å². The lowest BCUT2D eigenvalue weighted by molar-refractivity contribution is -0.137. The third kappa shape index (κ3) is 7.20. The number of carboxylic acids is 1. The van der Waals surface area contributed by atoms with Crippen LogP contribution in [0.1, 0.15) is 62.2 Å². The summed E-state index contributed by atoms with van der Waals surface area (Å²) in [6.07, 6.45) is 0.384. The van der Waals surface area contributed by atoms with Crippen LogP contribution in [-0.4, -0.2) is 33.9 Å². The number of nitrogens with zero attached hydrogens (tertiary/aromatic N) is 1. The van der Waals surface area contributed by atoms with E-state index < -0.39 is 17.7 Å². The topological polar surface area (TPSA) is 112 Å². The van der Waals surface area contributed by atoms with Crippen LogP contribution >= 0.6 is 0 Å². The molecule has 7 nitrogen and oxygen atoms in total. The van der Waals surface area contributed by atoms with Crippen molar-refractivity contribution in [1.82, 2.24) is 4.57 Å². The number of ketones is 1. The van der Waals surface area contributed by atoms with Crippen molar-refractivity contribution in [1.29, 1.82) is 0 Å². The molecule has 0 aliphatic heterocycles. The number of ether oxygens (including phenoxy) is 1. The number of Topliss-reactive ketones (excluding diaryl/α,β-unsaturated/α-hetero) is 1. The zero-order valence-corrected chi connectivity index (χ0v) is 20.1. The van der Waals surface area contributed by atoms with Crippen LogP contribution in [0.3, 0.4) is 0 Å². The highest BCUT2D eigenvalue weighted by Gasteiger charge is 2.24. The van der Waals surface area contributed by atoms with Gasteiger partial charge in [0.1, 0.15) is 5.75 Å². The second-order valence-corrected chi connectivity index (χ2v) is 6.75. The van der Waals surface area contributed by atoms with Crippen molar-refractivity contribution < 1.29 is 24.2 Å². The van der Waals surface area contributed by atoms with Crippen molar-refractivity contribution in [2.75, 3.05) is 6.61 Å². The molecule has 1 heterocycles. The molecule has 0 aliphatic carbocycles. The molecule has 7 heteroatoms. The average molecular weight is 455 g/mol. The van der Waals surface area contributed by atoms with Crippen LogP contribution < -0.4 is 10.5 Å². The number of aliphatic carboxylic acids is 1. The summed E-state index contributed by atoms with van der Waals surface area (Å²) in [4.78, 5) is 34.7. The number of nitrogens with two attached hydrogens (primary N) is 1. The minimum Gasteiger partial charge on any atom is -0.494 e. The molecule has 1 amide bonds. The van der Waals surface area contributed by atoms with E-state index in [1.165, 1.54) is 0 Å². The third-order valence-corrected chi connectivity index (χ3v) is 4.73. The standard InChI is InChI=1S/C22H22N2O5.2C2H6/c1-14-20(21(27)22(23)28)17-12-16(29-11-5-8-19(25)26)9-10-18(17)24(14)13-15-6-3-2-4-7-15;2*1-2/h2-4,6-7,9-10,12H,5,8,11,13H2,1H3,(H2,23,28)(H,25,26);2*1-2H3. The lowest BCUT2D eigenvalue weighted by atomic mass is 10.1. The van der Waals surface area contributed by atoms with Gasteiger partial charge < -0.3 is 20.1 Å². The van der Waals surface area contributed by atoms with Crippen LogP contribution in [0.2, 0.25) is 0 Å². The maximum atomic E-state index is 12.5. The molecule has 3 aromatic rings. The highest BCUT2D eigenvalue weighted by Crippen LogP contribution is 2.30. The molecule has 3 rings (SSSR count). The summed E-state index contributed by atoms with van der Waals surface area (Å²) in [5.41, 5.74) is 8.02. The number of amides is 1. The number of rotatable bonds is 9. The van der Waals surface area contributed by atoms with Crippen molar-refractivity contribution in [3.63, 3.8) is 0 Å². The number of aromatic nitrogens is 1. The van der Waals surface area contributed by atoms with Gasteiger partial charge in [-0.2, -0.15) is 0 Å². The number of hydrogen-bond acceptors (Lipinski definition) is 4. The molecule has 3 N–H and O–H groups in total. The predicted octanol–water partition coefficient (Wildman–Crippen LogP) is 4.96. The molecule has 0 radical (unpaired) electrons. The summed E-state index contributed by atoms with van der Waals surface area (Å²) in [5.74, 6) is -2.15. The normalized spacial score (nSPS) is 9.85. The van der Waals surface area contributed by atoms with E-state index in [1.54, 1.807) is 19.1 Å². The fraction of sp³-hybridized carbons (Fsp3) is 0.346. The lowest BCUT2D eigenvalue weighted by Gasteiger charge is -2.09. The zero-order valence-electron chi connectivity index (χ0n) is 20.1. The van der Waals surface area contributed by atoms with E-state index in [1.807, 2.05) is 68.7 Å². The van der Waals surface area contributed by atoms with E-state index in [4.69, 9.17) is 15.6 Å². The van der Waals surface area contributed by atoms with E-state index in [9.17, 15) is 14.4 Å². The lowest BCUT2D eigenvalue weighted by Crippen LogP contribution is -2.23. The monoisotopic (exact) mass is 454 g/mol. The molecule has 0 spiro atoms. The van der Waals surface area contributed by atoms with Crippen LogP contribution in [0.5, 0.6) is 5.75 Å². The molecule has 0 fully saturated rings. The summed E-state index contributed by atoms with van der Waals surface area (Å²) in [7, 11) is 0. The van der Waals surface area contributed by atoms with Crippen molar-refractivity contribution in [2.45, 2.75) is 54.0 Å². The van der Waals surface area contributed by atoms with E-state index >= 15 is 0 Å². The van der Waals surface area contributed by atoms with Crippen molar-refractivity contribution in [3.8, 4) is 5.75 Å². The summed E-state index contributed by atoms with van der Waals surface area (Å²) >= 11 is 0. The summed E-state index contributed by atoms with van der Waals surface area (Å²) in [5, 5.41) is 9.30. The van der Waals surface area contributed by atoms with Gasteiger partial charge in [-0.1, -0.05) is 58.0 Å². The van der Waals surface area contributed by atoms with Gasteiger partial charge >= 0.3 is 5.97 Å². The maximum Gasteiger partial charge on any atom is 0.303 e. The summed E-state index contributed by atoms with van der Waals surface area (Å²) < 4.78 is 7.59. The molecule has 0 saturated heterocycles. The zero-order chi connectivity index (χ0) is 25.0. The fourth-order valence-corrected chi connectivity index (χ4v) is 3.34. The third-order valence-electron chi connectivity index (χ3n) is 4.73. The molecule has 0 saturated carbocycles. The predicted molar refractivity (Wildman–Crippen MR) is 131 cm³/mol. The Bertz CT molecular complexity index is 1070. The molecule has 33 heavy (non-hydrogen) atoms. The molecule has 0 bridgehead atoms. The van der Waals surface area contributed by atoms with Crippen LogP contribution in [0.4, 0.5) is 0 Å². The number of carbonyl (C=O) groups is 3. The maximum absolute atomic E-state index is 12.5. The molecular weight excluding hydrogens is 420 g/mol. The van der Waals surface area contributed by atoms with Crippen molar-refractivity contribution >= 4 is 28.6 Å². The Balaban J connectivity index is 0.00000129. The number of benzene rings is 2. The van der Waals surface area contributed by atoms with Gasteiger partial charge in [-0.05, 0) is 37.1 Å². The summed E-state index contributed by atoms with van der Waals surface area (Å²) in [6.45, 7) is 10.6. The first kappa shape index (κ1) is 27.4. The number of carbonyl (C=O) groups excluding carboxylic acids is 2. The van der Waals surface area contributed by atoms with Crippen molar-refractivity contribution in [2.24, 2.45) is 5.73 Å². The van der Waals surface area contributed by atoms with Gasteiger partial charge in [0.2, 0.25) is 0 Å². The van der Waals surface area contributed by atoms with E-state index in [2.05, 4.69) is 0 Å². The van der Waals surface area contributed by atoms with Crippen LogP contribution in [-0.2, 0) is 16.1 Å². The number of fused-ring (bicyclic) bond motifs is 1. The van der Waals surface area contributed by atoms with Crippen LogP contribution in [0, 0.1) is 6.92 Å². The Kier molecular flexibility index (Phi) is 11.4. The molecule has 178 valence electrons. The average Bonchev–Trinajstić information content (AvgIpc) is 3.10. The second-order valence-electron chi connectivity index (χ2n) is 6.75. The van der Waals surface area contributed by atoms with Gasteiger partial charge in [0.05, 0.1) is 12.2 Å². The smallest absolute Gasteiger partial charge is 0.303 e. The SMILES string of the molecule is CC.CC.Cc1c(C(=O)C(N)=O)c2cc(OCCCC(=O)O)ccc2n1Cc1ccccc1. The first-order chi connectivity index (χ1) is 15.9. The number of primary amides is 1. The first-order valence-corrected chi connectivity index (χ1v) is 11.2. The van der Waals surface area contributed by atoms with Crippen LogP contribution in [0.25, 0.3) is 10.9 Å². The highest BCUT2D eigenvalue weighted by molar-refractivity contribution is 6.44. The Morgan fingerprint density at radius 1 is 1.00 bits per heavy atom. The molecule has 0 unspecified atom stereocenters. The first-order valence-electron chi connectivity index (χ1n) is 11.2. The minimum absolute atomic E-state index is 0.0141. The van der Waals surface area contributed by atoms with E-state index in [-0.39, 0.29) is 18.6 Å². The summed E-state index contributed by atoms with van der Waals surface area (Å²) in [6, 6.07) is 15.1. The van der Waals surface area contributed by atoms with Gasteiger partial charge in [0.15, 0.2) is 0 Å². The molecule has 0 aliphatic rings. The molecular formula is C26H34N2O5. The van der Waals surface area contributed by atoms with E-state index in [0.29, 0.717) is 29.8 Å². The Morgan fingerprint density at radius 2 is 1.64 bits per heavy atom. The Morgan fingerprint density at radius 3 is 2.21 bits per heavy atom. The Hall–Kier alpha value is -3.61.